The van der Waals surface area contributed by atoms with E-state index in [0.29, 0.717) is 24.4 Å². The summed E-state index contributed by atoms with van der Waals surface area (Å²) in [4.78, 5) is 31.4. The van der Waals surface area contributed by atoms with E-state index < -0.39 is 5.97 Å². The van der Waals surface area contributed by atoms with Gasteiger partial charge in [0, 0.05) is 24.0 Å². The molecule has 0 saturated carbocycles. The predicted molar refractivity (Wildman–Crippen MR) is 140 cm³/mol. The number of carbonyl (C=O) groups excluding carboxylic acids is 3. The average Bonchev–Trinajstić information content (AvgIpc) is 2.66. The van der Waals surface area contributed by atoms with Crippen LogP contribution in [0.3, 0.4) is 0 Å². The highest BCUT2D eigenvalue weighted by molar-refractivity contribution is 5.87. The van der Waals surface area contributed by atoms with Gasteiger partial charge in [-0.25, -0.2) is 9.59 Å². The zero-order valence-electron chi connectivity index (χ0n) is 24.7. The second-order valence-corrected chi connectivity index (χ2v) is 11.5. The summed E-state index contributed by atoms with van der Waals surface area (Å²) in [6.45, 7) is 22.9. The normalized spacial score (nSPS) is 11.2. The van der Waals surface area contributed by atoms with Crippen molar-refractivity contribution in [1.82, 2.24) is 0 Å². The van der Waals surface area contributed by atoms with E-state index in [2.05, 4.69) is 89.7 Å². The molecule has 212 valence electrons. The van der Waals surface area contributed by atoms with E-state index >= 15 is 0 Å². The monoisotopic (exact) mass is 534 g/mol. The van der Waals surface area contributed by atoms with Gasteiger partial charge < -0.3 is 40.7 Å². The van der Waals surface area contributed by atoms with Gasteiger partial charge in [-0.3, -0.25) is 0 Å². The summed E-state index contributed by atoms with van der Waals surface area (Å²) in [5.74, 6) is -1.83. The van der Waals surface area contributed by atoms with Gasteiger partial charge in [-0.1, -0.05) is 19.7 Å². The van der Waals surface area contributed by atoms with Crippen molar-refractivity contribution in [2.75, 3.05) is 55.5 Å². The van der Waals surface area contributed by atoms with Crippen LogP contribution < -0.4 is 17.5 Å². The first-order valence-corrected chi connectivity index (χ1v) is 11.5. The Morgan fingerprint density at radius 3 is 1.11 bits per heavy atom. The third-order valence-electron chi connectivity index (χ3n) is 6.39. The molecule has 0 aliphatic carbocycles. The molecule has 0 aliphatic heterocycles. The summed E-state index contributed by atoms with van der Waals surface area (Å²) in [6, 6.07) is 0. The van der Waals surface area contributed by atoms with E-state index in [-0.39, 0.29) is 35.4 Å². The van der Waals surface area contributed by atoms with Gasteiger partial charge in [0.2, 0.25) is 0 Å². The Bertz CT molecular complexity index is 690. The third kappa shape index (κ3) is 19.1. The number of rotatable bonds is 11. The van der Waals surface area contributed by atoms with Gasteiger partial charge in [0.15, 0.2) is 0 Å². The van der Waals surface area contributed by atoms with Gasteiger partial charge >= 0.3 is 11.9 Å². The van der Waals surface area contributed by atoms with E-state index in [1.165, 1.54) is 0 Å². The van der Waals surface area contributed by atoms with Crippen molar-refractivity contribution in [1.29, 1.82) is 0 Å². The first-order chi connectivity index (χ1) is 15.4. The lowest BCUT2D eigenvalue weighted by atomic mass is 9.97. The highest BCUT2D eigenvalue weighted by Crippen LogP contribution is 2.22. The van der Waals surface area contributed by atoms with Crippen LogP contribution in [0.4, 0.5) is 0 Å². The predicted octanol–water partition coefficient (Wildman–Crippen LogP) is -0.112. The fourth-order valence-corrected chi connectivity index (χ4v) is 1.70. The van der Waals surface area contributed by atoms with Gasteiger partial charge in [-0.2, -0.15) is 0 Å². The number of carbonyl (C=O) groups is 3. The molecule has 0 atom stereocenters. The Labute approximate surface area is 226 Å². The lowest BCUT2D eigenvalue weighted by Gasteiger charge is -2.41. The molecule has 0 aromatic heterocycles. The maximum atomic E-state index is 11.2. The Hall–Kier alpha value is -2.16. The smallest absolute Gasteiger partial charge is 0.333 e. The number of carboxylic acids is 1. The molecule has 0 rings (SSSR count). The second kappa shape index (κ2) is 17.3. The fourth-order valence-electron chi connectivity index (χ4n) is 1.70. The lowest BCUT2D eigenvalue weighted by molar-refractivity contribution is -0.920. The zero-order chi connectivity index (χ0) is 28.8. The highest BCUT2D eigenvalue weighted by atomic mass is 35.5. The minimum atomic E-state index is -1.23. The summed E-state index contributed by atoms with van der Waals surface area (Å²) in [5, 5.41) is 9.14. The molecule has 0 bridgehead atoms. The number of esters is 2. The van der Waals surface area contributed by atoms with Crippen molar-refractivity contribution in [3.05, 3.63) is 37.0 Å². The van der Waals surface area contributed by atoms with Crippen LogP contribution in [0.1, 0.15) is 54.4 Å². The third-order valence-corrected chi connectivity index (χ3v) is 6.39. The van der Waals surface area contributed by atoms with Crippen LogP contribution in [0, 0.1) is 0 Å². The van der Waals surface area contributed by atoms with Gasteiger partial charge in [-0.15, -0.1) is 0 Å². The molecule has 0 heterocycles. The molecular weight excluding hydrogens is 484 g/mol. The standard InChI is InChI=1S/2C12H24NO2.C3H4O2.ClH/c2*1-10(2)11(14)15-9-8-12(3,4)13(5,6)7;1-2-3(4)5;/h2*1,8-9H2,2-7H3;2H,1H2,(H,4,5);1H/q2*+1;;/p-2. The quantitative estimate of drug-likeness (QED) is 0.209. The van der Waals surface area contributed by atoms with E-state index in [1.54, 1.807) is 13.8 Å². The molecule has 0 N–H and O–H groups in total. The van der Waals surface area contributed by atoms with Gasteiger partial charge in [0.1, 0.15) is 0 Å². The number of aliphatic carboxylic acids is 1. The second-order valence-electron chi connectivity index (χ2n) is 11.5. The molecule has 0 spiro atoms. The van der Waals surface area contributed by atoms with Crippen LogP contribution in [0.25, 0.3) is 0 Å². The molecule has 0 radical (unpaired) electrons. The lowest BCUT2D eigenvalue weighted by Crippen LogP contribution is -3.00. The number of nitrogens with zero attached hydrogens (tertiary/aromatic N) is 2. The molecule has 36 heavy (non-hydrogen) atoms. The topological polar surface area (TPSA) is 92.7 Å². The van der Waals surface area contributed by atoms with Crippen molar-refractivity contribution < 1.29 is 50.3 Å². The van der Waals surface area contributed by atoms with Crippen molar-refractivity contribution in [2.24, 2.45) is 0 Å². The molecule has 0 aromatic rings. The molecular formula is C27H51ClN2O6. The van der Waals surface area contributed by atoms with E-state index in [4.69, 9.17) is 19.4 Å². The van der Waals surface area contributed by atoms with Crippen LogP contribution in [0.5, 0.6) is 0 Å². The molecule has 0 saturated heterocycles. The van der Waals surface area contributed by atoms with Crippen molar-refractivity contribution in [2.45, 2.75) is 65.5 Å². The van der Waals surface area contributed by atoms with Gasteiger partial charge in [0.25, 0.3) is 0 Å². The number of hydrogen-bond acceptors (Lipinski definition) is 6. The van der Waals surface area contributed by atoms with Crippen molar-refractivity contribution >= 4 is 17.9 Å². The minimum absolute atomic E-state index is 0. The first kappa shape index (κ1) is 41.0. The maximum absolute atomic E-state index is 11.2. The van der Waals surface area contributed by atoms with Crippen LogP contribution in [0.15, 0.2) is 37.0 Å². The zero-order valence-corrected chi connectivity index (χ0v) is 25.5. The summed E-state index contributed by atoms with van der Waals surface area (Å²) in [6.07, 6.45) is 2.41. The number of hydrogen-bond donors (Lipinski definition) is 0. The summed E-state index contributed by atoms with van der Waals surface area (Å²) >= 11 is 0. The van der Waals surface area contributed by atoms with Crippen LogP contribution in [0.2, 0.25) is 0 Å². The Morgan fingerprint density at radius 2 is 0.972 bits per heavy atom. The minimum Gasteiger partial charge on any atom is -1.00 e. The fraction of sp³-hybridized carbons (Fsp3) is 0.667. The van der Waals surface area contributed by atoms with Crippen LogP contribution in [-0.2, 0) is 23.9 Å². The van der Waals surface area contributed by atoms with Crippen LogP contribution >= 0.6 is 0 Å². The number of quaternary nitrogens is 2. The first-order valence-electron chi connectivity index (χ1n) is 11.5. The summed E-state index contributed by atoms with van der Waals surface area (Å²) in [5.41, 5.74) is 1.10. The van der Waals surface area contributed by atoms with Gasteiger partial charge in [0.05, 0.1) is 72.5 Å². The highest BCUT2D eigenvalue weighted by Gasteiger charge is 2.33. The maximum Gasteiger partial charge on any atom is 0.333 e. The summed E-state index contributed by atoms with van der Waals surface area (Å²) in [7, 11) is 12.8. The Morgan fingerprint density at radius 1 is 0.750 bits per heavy atom. The average molecular weight is 535 g/mol. The summed E-state index contributed by atoms with van der Waals surface area (Å²) < 4.78 is 11.9. The Balaban J connectivity index is -0.000000234. The molecule has 0 amide bonds. The molecule has 0 unspecified atom stereocenters. The van der Waals surface area contributed by atoms with E-state index in [0.717, 1.165) is 27.9 Å². The van der Waals surface area contributed by atoms with E-state index in [1.807, 2.05) is 0 Å². The molecule has 9 heteroatoms. The Kier molecular flexibility index (Phi) is 19.7. The molecule has 0 aromatic carbocycles. The van der Waals surface area contributed by atoms with Crippen molar-refractivity contribution in [3.63, 3.8) is 0 Å². The largest absolute Gasteiger partial charge is 1.00 e. The number of ether oxygens (including phenoxy) is 2. The number of carboxylic acid groups (broad SMARTS) is 1. The van der Waals surface area contributed by atoms with Crippen LogP contribution in [-0.4, -0.2) is 93.5 Å². The number of halogens is 1. The van der Waals surface area contributed by atoms with E-state index in [9.17, 15) is 9.59 Å². The van der Waals surface area contributed by atoms with Gasteiger partial charge in [-0.05, 0) is 47.6 Å². The van der Waals surface area contributed by atoms with Crippen molar-refractivity contribution in [3.8, 4) is 0 Å². The molecule has 0 aliphatic rings. The molecule has 0 fully saturated rings. The SMILES string of the molecule is C=C(C)C(=O)OCCC(C)(C)[N+](C)(C)C.C=C(C)C(=O)OCCC(C)(C)[N+](C)(C)C.C=CC(=O)[O-].[Cl-]. The molecule has 8 nitrogen and oxygen atoms in total.